The van der Waals surface area contributed by atoms with Crippen molar-refractivity contribution >= 4 is 0 Å². The van der Waals surface area contributed by atoms with Gasteiger partial charge in [-0.1, -0.05) is 31.8 Å². The first kappa shape index (κ1) is 13.1. The highest BCUT2D eigenvalue weighted by atomic mass is 16.5. The highest BCUT2D eigenvalue weighted by molar-refractivity contribution is 5.10. The van der Waals surface area contributed by atoms with Gasteiger partial charge < -0.3 is 9.84 Å². The van der Waals surface area contributed by atoms with Crippen LogP contribution in [0.2, 0.25) is 0 Å². The maximum atomic E-state index is 5.56. The Hall–Kier alpha value is -0.900. The molecule has 0 bridgehead atoms. The van der Waals surface area contributed by atoms with E-state index in [1.54, 1.807) is 0 Å². The molecule has 4 atom stereocenters. The quantitative estimate of drug-likeness (QED) is 0.886. The minimum atomic E-state index is 0.426. The fourth-order valence-electron chi connectivity index (χ4n) is 3.23. The van der Waals surface area contributed by atoms with Crippen molar-refractivity contribution in [1.82, 2.24) is 15.5 Å². The summed E-state index contributed by atoms with van der Waals surface area (Å²) in [4.78, 5) is 4.69. The Labute approximate surface area is 115 Å². The van der Waals surface area contributed by atoms with Crippen molar-refractivity contribution in [2.45, 2.75) is 70.3 Å². The second-order valence-corrected chi connectivity index (χ2v) is 6.26. The lowest BCUT2D eigenvalue weighted by atomic mass is 9.84. The molecule has 2 fully saturated rings. The number of hydrogen-bond donors (Lipinski definition) is 1. The van der Waals surface area contributed by atoms with Crippen LogP contribution >= 0.6 is 0 Å². The van der Waals surface area contributed by atoms with Gasteiger partial charge in [-0.15, -0.1) is 0 Å². The van der Waals surface area contributed by atoms with Gasteiger partial charge in [0, 0.05) is 12.0 Å². The van der Waals surface area contributed by atoms with E-state index in [1.165, 1.54) is 38.5 Å². The first-order valence-electron chi connectivity index (χ1n) is 7.86. The topological polar surface area (TPSA) is 51.0 Å². The smallest absolute Gasteiger partial charge is 0.231 e. The Morgan fingerprint density at radius 2 is 2.05 bits per heavy atom. The lowest BCUT2D eigenvalue weighted by Gasteiger charge is -2.29. The number of hydrogen-bond acceptors (Lipinski definition) is 4. The molecular weight excluding hydrogens is 238 g/mol. The Kier molecular flexibility index (Phi) is 3.87. The van der Waals surface area contributed by atoms with Gasteiger partial charge in [0.15, 0.2) is 5.82 Å². The van der Waals surface area contributed by atoms with Gasteiger partial charge in [-0.3, -0.25) is 0 Å². The molecule has 0 saturated heterocycles. The van der Waals surface area contributed by atoms with Gasteiger partial charge in [0.1, 0.15) is 0 Å². The minimum Gasteiger partial charge on any atom is -0.339 e. The van der Waals surface area contributed by atoms with Crippen LogP contribution in [-0.4, -0.2) is 22.7 Å². The lowest BCUT2D eigenvalue weighted by Crippen LogP contribution is -2.37. The molecule has 1 heterocycles. The molecule has 0 aromatic carbocycles. The maximum Gasteiger partial charge on any atom is 0.231 e. The van der Waals surface area contributed by atoms with E-state index in [0.717, 1.165) is 24.2 Å². The summed E-state index contributed by atoms with van der Waals surface area (Å²) in [5, 5.41) is 7.86. The van der Waals surface area contributed by atoms with Crippen molar-refractivity contribution in [1.29, 1.82) is 0 Å². The molecule has 2 saturated carbocycles. The first-order valence-corrected chi connectivity index (χ1v) is 7.86. The third-order valence-electron chi connectivity index (χ3n) is 4.64. The van der Waals surface area contributed by atoms with Crippen LogP contribution in [-0.2, 0) is 0 Å². The van der Waals surface area contributed by atoms with Gasteiger partial charge in [0.05, 0.1) is 5.92 Å². The third-order valence-corrected chi connectivity index (χ3v) is 4.64. The van der Waals surface area contributed by atoms with Gasteiger partial charge in [-0.2, -0.15) is 4.98 Å². The zero-order valence-electron chi connectivity index (χ0n) is 12.1. The molecule has 1 aromatic rings. The minimum absolute atomic E-state index is 0.426. The summed E-state index contributed by atoms with van der Waals surface area (Å²) in [6.07, 6.45) is 7.43. The summed E-state index contributed by atoms with van der Waals surface area (Å²) in [7, 11) is 0. The van der Waals surface area contributed by atoms with Crippen LogP contribution < -0.4 is 5.32 Å². The molecule has 3 rings (SSSR count). The molecule has 1 aromatic heterocycles. The summed E-state index contributed by atoms with van der Waals surface area (Å²) in [6, 6.07) is 0.527. The monoisotopic (exact) mass is 263 g/mol. The van der Waals surface area contributed by atoms with Crippen molar-refractivity contribution in [3.8, 4) is 0 Å². The first-order chi connectivity index (χ1) is 9.29. The predicted molar refractivity (Wildman–Crippen MR) is 74.1 cm³/mol. The van der Waals surface area contributed by atoms with Gasteiger partial charge >= 0.3 is 0 Å². The molecule has 0 aliphatic heterocycles. The fourth-order valence-corrected chi connectivity index (χ4v) is 3.23. The van der Waals surface area contributed by atoms with Gasteiger partial charge in [-0.05, 0) is 38.1 Å². The molecule has 0 radical (unpaired) electrons. The normalized spacial score (nSPS) is 34.4. The summed E-state index contributed by atoms with van der Waals surface area (Å²) < 4.78 is 5.56. The maximum absolute atomic E-state index is 5.56. The number of nitrogens with one attached hydrogen (secondary N) is 1. The average Bonchev–Trinajstić information content (AvgIpc) is 2.98. The van der Waals surface area contributed by atoms with Gasteiger partial charge in [-0.25, -0.2) is 0 Å². The Balaban J connectivity index is 1.69. The van der Waals surface area contributed by atoms with Crippen LogP contribution in [0.15, 0.2) is 4.52 Å². The molecule has 19 heavy (non-hydrogen) atoms. The third kappa shape index (κ3) is 2.83. The van der Waals surface area contributed by atoms with E-state index in [9.17, 15) is 0 Å². The molecule has 1 N–H and O–H groups in total. The van der Waals surface area contributed by atoms with Crippen LogP contribution in [0.4, 0.5) is 0 Å². The van der Waals surface area contributed by atoms with E-state index in [1.807, 2.05) is 0 Å². The van der Waals surface area contributed by atoms with Crippen LogP contribution in [0, 0.1) is 5.92 Å². The molecule has 2 aliphatic rings. The molecule has 2 aliphatic carbocycles. The molecule has 106 valence electrons. The number of aromatic nitrogens is 2. The zero-order valence-corrected chi connectivity index (χ0v) is 12.1. The van der Waals surface area contributed by atoms with E-state index in [2.05, 4.69) is 29.3 Å². The highest BCUT2D eigenvalue weighted by Crippen LogP contribution is 2.46. The fraction of sp³-hybridized carbons (Fsp3) is 0.867. The van der Waals surface area contributed by atoms with E-state index >= 15 is 0 Å². The van der Waals surface area contributed by atoms with Crippen LogP contribution in [0.25, 0.3) is 0 Å². The molecule has 0 amide bonds. The lowest BCUT2D eigenvalue weighted by molar-refractivity contribution is 0.262. The largest absolute Gasteiger partial charge is 0.339 e. The predicted octanol–water partition coefficient (Wildman–Crippen LogP) is 3.22. The van der Waals surface area contributed by atoms with Gasteiger partial charge in [0.2, 0.25) is 5.89 Å². The summed E-state index contributed by atoms with van der Waals surface area (Å²) >= 11 is 0. The standard InChI is InChI=1S/C15H25N3O/c1-3-8-16-13-7-5-4-6-11(13)15-17-14(18-19-15)12-9-10(12)2/h10-13,16H,3-9H2,1-2H3. The molecule has 4 heteroatoms. The summed E-state index contributed by atoms with van der Waals surface area (Å²) in [5.41, 5.74) is 0. The van der Waals surface area contributed by atoms with Crippen LogP contribution in [0.5, 0.6) is 0 Å². The summed E-state index contributed by atoms with van der Waals surface area (Å²) in [5.74, 6) is 3.55. The average molecular weight is 263 g/mol. The number of rotatable bonds is 5. The van der Waals surface area contributed by atoms with Crippen LogP contribution in [0.1, 0.15) is 75.9 Å². The van der Waals surface area contributed by atoms with Gasteiger partial charge in [0.25, 0.3) is 0 Å². The number of nitrogens with zero attached hydrogens (tertiary/aromatic N) is 2. The van der Waals surface area contributed by atoms with E-state index < -0.39 is 0 Å². The van der Waals surface area contributed by atoms with Crippen molar-refractivity contribution in [3.05, 3.63) is 11.7 Å². The van der Waals surface area contributed by atoms with E-state index in [-0.39, 0.29) is 0 Å². The van der Waals surface area contributed by atoms with Crippen molar-refractivity contribution < 1.29 is 4.52 Å². The SMILES string of the molecule is CCCNC1CCCCC1c1nc(C2CC2C)no1. The van der Waals surface area contributed by atoms with Crippen molar-refractivity contribution in [3.63, 3.8) is 0 Å². The second kappa shape index (κ2) is 5.61. The Morgan fingerprint density at radius 1 is 1.26 bits per heavy atom. The molecule has 4 unspecified atom stereocenters. The van der Waals surface area contributed by atoms with E-state index in [0.29, 0.717) is 17.9 Å². The van der Waals surface area contributed by atoms with Crippen molar-refractivity contribution in [2.24, 2.45) is 5.92 Å². The van der Waals surface area contributed by atoms with Crippen molar-refractivity contribution in [2.75, 3.05) is 6.54 Å². The van der Waals surface area contributed by atoms with E-state index in [4.69, 9.17) is 4.52 Å². The second-order valence-electron chi connectivity index (χ2n) is 6.26. The molecule has 4 nitrogen and oxygen atoms in total. The van der Waals surface area contributed by atoms with Crippen LogP contribution in [0.3, 0.4) is 0 Å². The highest BCUT2D eigenvalue weighted by Gasteiger charge is 2.39. The summed E-state index contributed by atoms with van der Waals surface area (Å²) in [6.45, 7) is 5.55. The molecular formula is C15H25N3O. The molecule has 0 spiro atoms. The Morgan fingerprint density at radius 3 is 2.79 bits per heavy atom. The zero-order chi connectivity index (χ0) is 13.2. The Bertz CT molecular complexity index is 417.